The highest BCUT2D eigenvalue weighted by molar-refractivity contribution is 5.87. The third-order valence-corrected chi connectivity index (χ3v) is 2.52. The molecule has 11 heavy (non-hydrogen) atoms. The maximum absolute atomic E-state index is 8.63. The summed E-state index contributed by atoms with van der Waals surface area (Å²) in [6, 6.07) is 0.511. The van der Waals surface area contributed by atoms with E-state index in [4.69, 9.17) is 5.21 Å². The van der Waals surface area contributed by atoms with Gasteiger partial charge in [-0.1, -0.05) is 12.1 Å². The molecule has 1 rings (SSSR count). The van der Waals surface area contributed by atoms with Crippen LogP contribution in [0.3, 0.4) is 0 Å². The van der Waals surface area contributed by atoms with Crippen molar-refractivity contribution in [1.82, 2.24) is 4.90 Å². The molecule has 0 radical (unpaired) electrons. The minimum atomic E-state index is 0.404. The molecule has 0 bridgehead atoms. The topological polar surface area (TPSA) is 35.8 Å². The van der Waals surface area contributed by atoms with Crippen LogP contribution in [0.15, 0.2) is 5.16 Å². The summed E-state index contributed by atoms with van der Waals surface area (Å²) in [6.45, 7) is 5.25. The lowest BCUT2D eigenvalue weighted by Gasteiger charge is -2.33. The summed E-state index contributed by atoms with van der Waals surface area (Å²) in [6.07, 6.45) is 0.897. The summed E-state index contributed by atoms with van der Waals surface area (Å²) in [5, 5.41) is 11.9. The van der Waals surface area contributed by atoms with Gasteiger partial charge in [-0.25, -0.2) is 0 Å². The number of rotatable bonds is 0. The van der Waals surface area contributed by atoms with Crippen molar-refractivity contribution >= 4 is 5.71 Å². The fourth-order valence-electron chi connectivity index (χ4n) is 1.52. The highest BCUT2D eigenvalue weighted by Crippen LogP contribution is 2.17. The van der Waals surface area contributed by atoms with Gasteiger partial charge < -0.3 is 10.1 Å². The Hall–Kier alpha value is -0.570. The zero-order chi connectivity index (χ0) is 8.43. The Labute approximate surface area is 67.7 Å². The molecule has 3 heteroatoms. The summed E-state index contributed by atoms with van der Waals surface area (Å²) in [5.74, 6) is 0.404. The molecule has 0 aliphatic carbocycles. The third kappa shape index (κ3) is 1.71. The van der Waals surface area contributed by atoms with Crippen LogP contribution < -0.4 is 0 Å². The summed E-state index contributed by atoms with van der Waals surface area (Å²) in [5.41, 5.74) is 0.940. The molecule has 0 saturated carbocycles. The molecule has 2 unspecified atom stereocenters. The SMILES string of the molecule is CC1CN(C)C(C)C/C1=N\O. The molecule has 0 amide bonds. The van der Waals surface area contributed by atoms with Gasteiger partial charge in [-0.2, -0.15) is 0 Å². The largest absolute Gasteiger partial charge is 0.411 e. The fourth-order valence-corrected chi connectivity index (χ4v) is 1.52. The van der Waals surface area contributed by atoms with Crippen molar-refractivity contribution in [1.29, 1.82) is 0 Å². The number of nitrogens with zero attached hydrogens (tertiary/aromatic N) is 2. The minimum Gasteiger partial charge on any atom is -0.411 e. The summed E-state index contributed by atoms with van der Waals surface area (Å²) in [4.78, 5) is 2.29. The Morgan fingerprint density at radius 3 is 2.73 bits per heavy atom. The van der Waals surface area contributed by atoms with Crippen LogP contribution in [-0.4, -0.2) is 35.5 Å². The van der Waals surface area contributed by atoms with Gasteiger partial charge in [0, 0.05) is 24.9 Å². The molecule has 2 atom stereocenters. The standard InChI is InChI=1S/C8H16N2O/c1-6-5-10(3)7(2)4-8(6)9-11/h6-7,11H,4-5H2,1-3H3/b9-8+. The van der Waals surface area contributed by atoms with Crippen molar-refractivity contribution in [2.45, 2.75) is 26.3 Å². The second-order valence-corrected chi connectivity index (χ2v) is 3.49. The van der Waals surface area contributed by atoms with Gasteiger partial charge in [0.15, 0.2) is 0 Å². The molecule has 1 saturated heterocycles. The lowest BCUT2D eigenvalue weighted by atomic mass is 9.93. The predicted molar refractivity (Wildman–Crippen MR) is 45.1 cm³/mol. The predicted octanol–water partition coefficient (Wildman–Crippen LogP) is 1.18. The number of oxime groups is 1. The van der Waals surface area contributed by atoms with Crippen LogP contribution in [0.5, 0.6) is 0 Å². The van der Waals surface area contributed by atoms with E-state index in [1.54, 1.807) is 0 Å². The highest BCUT2D eigenvalue weighted by Gasteiger charge is 2.25. The van der Waals surface area contributed by atoms with E-state index in [1.165, 1.54) is 0 Å². The molecule has 1 aliphatic rings. The van der Waals surface area contributed by atoms with E-state index < -0.39 is 0 Å². The Balaban J connectivity index is 2.62. The summed E-state index contributed by atoms with van der Waals surface area (Å²) >= 11 is 0. The highest BCUT2D eigenvalue weighted by atomic mass is 16.4. The maximum atomic E-state index is 8.63. The van der Waals surface area contributed by atoms with E-state index in [9.17, 15) is 0 Å². The normalized spacial score (nSPS) is 37.9. The van der Waals surface area contributed by atoms with Crippen LogP contribution in [-0.2, 0) is 0 Å². The van der Waals surface area contributed by atoms with E-state index in [2.05, 4.69) is 31.0 Å². The first kappa shape index (κ1) is 8.53. The van der Waals surface area contributed by atoms with Crippen molar-refractivity contribution in [2.75, 3.05) is 13.6 Å². The smallest absolute Gasteiger partial charge is 0.0627 e. The molecule has 3 nitrogen and oxygen atoms in total. The van der Waals surface area contributed by atoms with Crippen LogP contribution in [0, 0.1) is 5.92 Å². The van der Waals surface area contributed by atoms with Crippen molar-refractivity contribution < 1.29 is 5.21 Å². The van der Waals surface area contributed by atoms with Crippen LogP contribution in [0.25, 0.3) is 0 Å². The van der Waals surface area contributed by atoms with Gasteiger partial charge in [0.2, 0.25) is 0 Å². The minimum absolute atomic E-state index is 0.404. The molecule has 0 aromatic rings. The van der Waals surface area contributed by atoms with Crippen molar-refractivity contribution in [2.24, 2.45) is 11.1 Å². The van der Waals surface area contributed by atoms with E-state index in [-0.39, 0.29) is 0 Å². The van der Waals surface area contributed by atoms with Gasteiger partial charge in [0.05, 0.1) is 5.71 Å². The zero-order valence-corrected chi connectivity index (χ0v) is 7.41. The first-order valence-corrected chi connectivity index (χ1v) is 4.06. The molecule has 0 aromatic carbocycles. The molecule has 0 aromatic heterocycles. The van der Waals surface area contributed by atoms with Gasteiger partial charge in [-0.15, -0.1) is 0 Å². The fraction of sp³-hybridized carbons (Fsp3) is 0.875. The summed E-state index contributed by atoms with van der Waals surface area (Å²) < 4.78 is 0. The molecule has 1 aliphatic heterocycles. The Kier molecular flexibility index (Phi) is 2.49. The molecule has 64 valence electrons. The Morgan fingerprint density at radius 2 is 2.18 bits per heavy atom. The van der Waals surface area contributed by atoms with Crippen LogP contribution in [0.2, 0.25) is 0 Å². The monoisotopic (exact) mass is 156 g/mol. The molecular formula is C8H16N2O. The van der Waals surface area contributed by atoms with Gasteiger partial charge in [0.1, 0.15) is 0 Å². The molecule has 0 spiro atoms. The van der Waals surface area contributed by atoms with E-state index >= 15 is 0 Å². The first-order chi connectivity index (χ1) is 5.15. The zero-order valence-electron chi connectivity index (χ0n) is 7.41. The van der Waals surface area contributed by atoms with Crippen LogP contribution in [0.1, 0.15) is 20.3 Å². The number of likely N-dealkylation sites (tertiary alicyclic amines) is 1. The number of piperidine rings is 1. The number of hydrogen-bond acceptors (Lipinski definition) is 3. The average molecular weight is 156 g/mol. The van der Waals surface area contributed by atoms with Gasteiger partial charge in [-0.3, -0.25) is 0 Å². The second kappa shape index (κ2) is 3.22. The molecule has 1 heterocycles. The molecule has 1 N–H and O–H groups in total. The van der Waals surface area contributed by atoms with Gasteiger partial charge in [-0.05, 0) is 14.0 Å². The van der Waals surface area contributed by atoms with Gasteiger partial charge >= 0.3 is 0 Å². The lowest BCUT2D eigenvalue weighted by Crippen LogP contribution is -2.42. The molecular weight excluding hydrogens is 140 g/mol. The maximum Gasteiger partial charge on any atom is 0.0627 e. The van der Waals surface area contributed by atoms with Crippen LogP contribution in [0.4, 0.5) is 0 Å². The van der Waals surface area contributed by atoms with Crippen molar-refractivity contribution in [3.63, 3.8) is 0 Å². The van der Waals surface area contributed by atoms with E-state index in [1.807, 2.05) is 0 Å². The first-order valence-electron chi connectivity index (χ1n) is 4.06. The van der Waals surface area contributed by atoms with E-state index in [0.29, 0.717) is 12.0 Å². The lowest BCUT2D eigenvalue weighted by molar-refractivity contribution is 0.216. The third-order valence-electron chi connectivity index (χ3n) is 2.52. The Bertz CT molecular complexity index is 167. The van der Waals surface area contributed by atoms with Crippen molar-refractivity contribution in [3.05, 3.63) is 0 Å². The quantitative estimate of drug-likeness (QED) is 0.422. The van der Waals surface area contributed by atoms with Crippen LogP contribution >= 0.6 is 0 Å². The summed E-state index contributed by atoms with van der Waals surface area (Å²) in [7, 11) is 2.11. The van der Waals surface area contributed by atoms with E-state index in [0.717, 1.165) is 18.7 Å². The number of hydrogen-bond donors (Lipinski definition) is 1. The average Bonchev–Trinajstić information content (AvgIpc) is 1.97. The van der Waals surface area contributed by atoms with Crippen molar-refractivity contribution in [3.8, 4) is 0 Å². The second-order valence-electron chi connectivity index (χ2n) is 3.49. The Morgan fingerprint density at radius 1 is 1.55 bits per heavy atom. The van der Waals surface area contributed by atoms with Gasteiger partial charge in [0.25, 0.3) is 0 Å². The molecule has 1 fully saturated rings.